The lowest BCUT2D eigenvalue weighted by Gasteiger charge is -2.32. The zero-order valence-electron chi connectivity index (χ0n) is 14.8. The van der Waals surface area contributed by atoms with Gasteiger partial charge in [-0.1, -0.05) is 19.8 Å². The monoisotopic (exact) mass is 321 g/mol. The second-order valence-electron chi connectivity index (χ2n) is 6.45. The van der Waals surface area contributed by atoms with Gasteiger partial charge < -0.3 is 14.6 Å². The molecule has 0 aromatic heterocycles. The van der Waals surface area contributed by atoms with E-state index in [1.807, 2.05) is 0 Å². The standard InChI is InChI=1S/C19H31NO3/c1-4-15(7-5-6-10-21)13-20-9-8-16-11-18(22-2)19(23-3)12-17(16)14-20/h11-12,15,21H,4-10,13-14H2,1-3H3. The second kappa shape index (κ2) is 9.14. The summed E-state index contributed by atoms with van der Waals surface area (Å²) in [5.41, 5.74) is 2.74. The first-order chi connectivity index (χ1) is 11.2. The van der Waals surface area contributed by atoms with E-state index in [4.69, 9.17) is 14.6 Å². The van der Waals surface area contributed by atoms with Gasteiger partial charge in [0.1, 0.15) is 0 Å². The van der Waals surface area contributed by atoms with Crippen LogP contribution in [0.4, 0.5) is 0 Å². The number of benzene rings is 1. The molecule has 0 saturated heterocycles. The highest BCUT2D eigenvalue weighted by molar-refractivity contribution is 5.48. The maximum absolute atomic E-state index is 8.94. The van der Waals surface area contributed by atoms with Gasteiger partial charge in [0.2, 0.25) is 0 Å². The molecule has 0 fully saturated rings. The smallest absolute Gasteiger partial charge is 0.161 e. The molecule has 1 aromatic rings. The number of aliphatic hydroxyl groups is 1. The summed E-state index contributed by atoms with van der Waals surface area (Å²) in [6, 6.07) is 4.26. The molecule has 2 rings (SSSR count). The fraction of sp³-hybridized carbons (Fsp3) is 0.684. The molecule has 1 aromatic carbocycles. The van der Waals surface area contributed by atoms with Crippen LogP contribution in [0.25, 0.3) is 0 Å². The van der Waals surface area contributed by atoms with Gasteiger partial charge in [-0.25, -0.2) is 0 Å². The molecular formula is C19H31NO3. The number of rotatable bonds is 9. The number of aliphatic hydroxyl groups excluding tert-OH is 1. The SMILES string of the molecule is CCC(CCCCO)CN1CCc2cc(OC)c(OC)cc2C1. The summed E-state index contributed by atoms with van der Waals surface area (Å²) in [5, 5.41) is 8.94. The second-order valence-corrected chi connectivity index (χ2v) is 6.45. The van der Waals surface area contributed by atoms with Crippen molar-refractivity contribution in [2.75, 3.05) is 33.9 Å². The molecule has 1 aliphatic heterocycles. The van der Waals surface area contributed by atoms with Gasteiger partial charge >= 0.3 is 0 Å². The Morgan fingerprint density at radius 2 is 1.83 bits per heavy atom. The summed E-state index contributed by atoms with van der Waals surface area (Å²) in [6.07, 6.45) is 5.55. The van der Waals surface area contributed by atoms with Crippen LogP contribution in [0, 0.1) is 5.92 Å². The van der Waals surface area contributed by atoms with Crippen LogP contribution < -0.4 is 9.47 Å². The third kappa shape index (κ3) is 4.85. The molecule has 0 radical (unpaired) electrons. The minimum atomic E-state index is 0.315. The van der Waals surface area contributed by atoms with Gasteiger partial charge in [0.25, 0.3) is 0 Å². The van der Waals surface area contributed by atoms with E-state index >= 15 is 0 Å². The summed E-state index contributed by atoms with van der Waals surface area (Å²) in [6.45, 7) is 5.84. The molecule has 4 nitrogen and oxygen atoms in total. The minimum Gasteiger partial charge on any atom is -0.493 e. The Balaban J connectivity index is 1.98. The average molecular weight is 321 g/mol. The predicted octanol–water partition coefficient (Wildman–Crippen LogP) is 3.25. The lowest BCUT2D eigenvalue weighted by atomic mass is 9.95. The lowest BCUT2D eigenvalue weighted by molar-refractivity contribution is 0.198. The molecule has 0 bridgehead atoms. The van der Waals surface area contributed by atoms with Crippen molar-refractivity contribution in [3.63, 3.8) is 0 Å². The van der Waals surface area contributed by atoms with Crippen LogP contribution in [-0.4, -0.2) is 43.9 Å². The van der Waals surface area contributed by atoms with Crippen LogP contribution in [0.1, 0.15) is 43.7 Å². The zero-order chi connectivity index (χ0) is 16.7. The van der Waals surface area contributed by atoms with Gasteiger partial charge in [0.15, 0.2) is 11.5 Å². The Morgan fingerprint density at radius 1 is 1.13 bits per heavy atom. The van der Waals surface area contributed by atoms with Gasteiger partial charge in [0, 0.05) is 26.2 Å². The Bertz CT molecular complexity index is 490. The van der Waals surface area contributed by atoms with E-state index in [0.717, 1.165) is 56.3 Å². The first kappa shape index (κ1) is 18.1. The van der Waals surface area contributed by atoms with E-state index < -0.39 is 0 Å². The normalized spacial score (nSPS) is 16.0. The fourth-order valence-corrected chi connectivity index (χ4v) is 3.43. The molecule has 0 aliphatic carbocycles. The molecule has 1 atom stereocenters. The van der Waals surface area contributed by atoms with E-state index in [9.17, 15) is 0 Å². The Kier molecular flexibility index (Phi) is 7.18. The molecule has 1 aliphatic rings. The average Bonchev–Trinajstić information content (AvgIpc) is 2.59. The molecule has 130 valence electrons. The van der Waals surface area contributed by atoms with E-state index in [2.05, 4.69) is 24.0 Å². The van der Waals surface area contributed by atoms with Gasteiger partial charge in [-0.05, 0) is 48.4 Å². The Labute approximate surface area is 140 Å². The van der Waals surface area contributed by atoms with Crippen LogP contribution in [0.5, 0.6) is 11.5 Å². The third-order valence-corrected chi connectivity index (χ3v) is 4.91. The molecular weight excluding hydrogens is 290 g/mol. The van der Waals surface area contributed by atoms with Gasteiger partial charge in [-0.3, -0.25) is 4.90 Å². The van der Waals surface area contributed by atoms with Crippen molar-refractivity contribution < 1.29 is 14.6 Å². The predicted molar refractivity (Wildman–Crippen MR) is 93.2 cm³/mol. The number of nitrogens with zero attached hydrogens (tertiary/aromatic N) is 1. The molecule has 1 N–H and O–H groups in total. The third-order valence-electron chi connectivity index (χ3n) is 4.91. The van der Waals surface area contributed by atoms with Crippen LogP contribution in [0.2, 0.25) is 0 Å². The van der Waals surface area contributed by atoms with Crippen LogP contribution in [0.15, 0.2) is 12.1 Å². The van der Waals surface area contributed by atoms with Gasteiger partial charge in [0.05, 0.1) is 14.2 Å². The molecule has 0 spiro atoms. The van der Waals surface area contributed by atoms with Crippen molar-refractivity contribution >= 4 is 0 Å². The zero-order valence-corrected chi connectivity index (χ0v) is 14.8. The number of methoxy groups -OCH3 is 2. The number of unbranched alkanes of at least 4 members (excludes halogenated alkanes) is 1. The van der Waals surface area contributed by atoms with E-state index in [-0.39, 0.29) is 0 Å². The number of fused-ring (bicyclic) bond motifs is 1. The minimum absolute atomic E-state index is 0.315. The molecule has 1 heterocycles. The highest BCUT2D eigenvalue weighted by Gasteiger charge is 2.21. The maximum atomic E-state index is 8.94. The maximum Gasteiger partial charge on any atom is 0.161 e. The molecule has 1 unspecified atom stereocenters. The summed E-state index contributed by atoms with van der Waals surface area (Å²) < 4.78 is 10.8. The number of hydrogen-bond acceptors (Lipinski definition) is 4. The van der Waals surface area contributed by atoms with Crippen molar-refractivity contribution in [3.8, 4) is 11.5 Å². The molecule has 0 amide bonds. The first-order valence-electron chi connectivity index (χ1n) is 8.78. The van der Waals surface area contributed by atoms with E-state index in [1.54, 1.807) is 14.2 Å². The molecule has 0 saturated carbocycles. The number of hydrogen-bond donors (Lipinski definition) is 1. The van der Waals surface area contributed by atoms with E-state index in [0.29, 0.717) is 6.61 Å². The lowest BCUT2D eigenvalue weighted by Crippen LogP contribution is -2.34. The largest absolute Gasteiger partial charge is 0.493 e. The van der Waals surface area contributed by atoms with Crippen LogP contribution in [0.3, 0.4) is 0 Å². The van der Waals surface area contributed by atoms with Crippen molar-refractivity contribution in [1.82, 2.24) is 4.90 Å². The van der Waals surface area contributed by atoms with Gasteiger partial charge in [-0.15, -0.1) is 0 Å². The topological polar surface area (TPSA) is 41.9 Å². The Hall–Kier alpha value is -1.26. The van der Waals surface area contributed by atoms with Crippen LogP contribution >= 0.6 is 0 Å². The summed E-state index contributed by atoms with van der Waals surface area (Å²) >= 11 is 0. The van der Waals surface area contributed by atoms with Gasteiger partial charge in [-0.2, -0.15) is 0 Å². The quantitative estimate of drug-likeness (QED) is 0.709. The van der Waals surface area contributed by atoms with Crippen molar-refractivity contribution in [3.05, 3.63) is 23.3 Å². The fourth-order valence-electron chi connectivity index (χ4n) is 3.43. The summed E-state index contributed by atoms with van der Waals surface area (Å²) in [5.74, 6) is 2.38. The highest BCUT2D eigenvalue weighted by atomic mass is 16.5. The summed E-state index contributed by atoms with van der Waals surface area (Å²) in [4.78, 5) is 2.56. The van der Waals surface area contributed by atoms with Crippen LogP contribution in [-0.2, 0) is 13.0 Å². The summed E-state index contributed by atoms with van der Waals surface area (Å²) in [7, 11) is 3.39. The van der Waals surface area contributed by atoms with E-state index in [1.165, 1.54) is 24.0 Å². The molecule has 23 heavy (non-hydrogen) atoms. The Morgan fingerprint density at radius 3 is 2.43 bits per heavy atom. The number of ether oxygens (including phenoxy) is 2. The van der Waals surface area contributed by atoms with Crippen molar-refractivity contribution in [2.45, 2.75) is 45.6 Å². The van der Waals surface area contributed by atoms with Crippen molar-refractivity contribution in [1.29, 1.82) is 0 Å². The van der Waals surface area contributed by atoms with Crippen molar-refractivity contribution in [2.24, 2.45) is 5.92 Å². The first-order valence-corrected chi connectivity index (χ1v) is 8.78. The highest BCUT2D eigenvalue weighted by Crippen LogP contribution is 2.33. The molecule has 4 heteroatoms.